The maximum Gasteiger partial charge on any atom is 0.289 e. The Hall–Kier alpha value is -3.06. The molecule has 6 nitrogen and oxygen atoms in total. The lowest BCUT2D eigenvalue weighted by Gasteiger charge is -2.31. The van der Waals surface area contributed by atoms with Gasteiger partial charge < -0.3 is 14.6 Å². The molecule has 30 heavy (non-hydrogen) atoms. The second-order valence-electron chi connectivity index (χ2n) is 7.23. The number of rotatable bonds is 6. The van der Waals surface area contributed by atoms with Crippen molar-refractivity contribution in [2.75, 3.05) is 18.4 Å². The third kappa shape index (κ3) is 5.10. The molecule has 1 aliphatic rings. The Morgan fingerprint density at radius 3 is 2.77 bits per heavy atom. The van der Waals surface area contributed by atoms with E-state index in [4.69, 9.17) is 4.42 Å². The van der Waals surface area contributed by atoms with Crippen LogP contribution in [0.4, 0.5) is 5.69 Å². The summed E-state index contributed by atoms with van der Waals surface area (Å²) in [5, 5.41) is 2.99. The SMILES string of the molecule is O=C(Nc1ccc(SCc2cccnc2)cc1)C1CCCN(C(=O)c2ccco2)C1. The summed E-state index contributed by atoms with van der Waals surface area (Å²) in [5.74, 6) is 0.726. The van der Waals surface area contributed by atoms with Gasteiger partial charge in [0.2, 0.25) is 5.91 Å². The van der Waals surface area contributed by atoms with Gasteiger partial charge in [-0.2, -0.15) is 0 Å². The number of aromatic nitrogens is 1. The number of piperidine rings is 1. The predicted molar refractivity (Wildman–Crippen MR) is 116 cm³/mol. The summed E-state index contributed by atoms with van der Waals surface area (Å²) in [4.78, 5) is 32.2. The minimum absolute atomic E-state index is 0.0530. The number of hydrogen-bond donors (Lipinski definition) is 1. The fourth-order valence-corrected chi connectivity index (χ4v) is 4.29. The van der Waals surface area contributed by atoms with Crippen molar-refractivity contribution in [2.24, 2.45) is 5.92 Å². The highest BCUT2D eigenvalue weighted by Gasteiger charge is 2.29. The van der Waals surface area contributed by atoms with E-state index in [1.165, 1.54) is 11.8 Å². The number of nitrogens with zero attached hydrogens (tertiary/aromatic N) is 2. The number of pyridine rings is 1. The molecule has 3 aromatic rings. The molecule has 0 radical (unpaired) electrons. The van der Waals surface area contributed by atoms with E-state index in [-0.39, 0.29) is 17.7 Å². The van der Waals surface area contributed by atoms with E-state index in [0.29, 0.717) is 18.8 Å². The van der Waals surface area contributed by atoms with Gasteiger partial charge in [-0.15, -0.1) is 11.8 Å². The summed E-state index contributed by atoms with van der Waals surface area (Å²) in [6, 6.07) is 15.2. The average Bonchev–Trinajstić information content (AvgIpc) is 3.34. The maximum atomic E-state index is 12.7. The molecule has 7 heteroatoms. The molecule has 1 atom stereocenters. The van der Waals surface area contributed by atoms with Crippen molar-refractivity contribution >= 4 is 29.3 Å². The van der Waals surface area contributed by atoms with Crippen LogP contribution in [-0.2, 0) is 10.5 Å². The number of carbonyl (C=O) groups excluding carboxylic acids is 2. The topological polar surface area (TPSA) is 75.4 Å². The number of thioether (sulfide) groups is 1. The Morgan fingerprint density at radius 2 is 2.03 bits per heavy atom. The smallest absolute Gasteiger partial charge is 0.289 e. The standard InChI is InChI=1S/C23H23N3O3S/c27-22(18-5-2-12-26(15-18)23(28)21-6-3-13-29-21)25-19-7-9-20(10-8-19)30-16-17-4-1-11-24-14-17/h1,3-4,6-11,13-14,18H,2,5,12,15-16H2,(H,25,27). The zero-order valence-electron chi connectivity index (χ0n) is 16.5. The number of hydrogen-bond acceptors (Lipinski definition) is 5. The van der Waals surface area contributed by atoms with Crippen LogP contribution < -0.4 is 5.32 Å². The highest BCUT2D eigenvalue weighted by Crippen LogP contribution is 2.25. The van der Waals surface area contributed by atoms with E-state index >= 15 is 0 Å². The molecule has 1 fully saturated rings. The van der Waals surface area contributed by atoms with Crippen molar-refractivity contribution in [1.82, 2.24) is 9.88 Å². The minimum Gasteiger partial charge on any atom is -0.459 e. The highest BCUT2D eigenvalue weighted by atomic mass is 32.2. The van der Waals surface area contributed by atoms with Crippen molar-refractivity contribution in [3.8, 4) is 0 Å². The zero-order valence-corrected chi connectivity index (χ0v) is 17.3. The second-order valence-corrected chi connectivity index (χ2v) is 8.28. The van der Waals surface area contributed by atoms with Crippen LogP contribution in [0.1, 0.15) is 29.0 Å². The lowest BCUT2D eigenvalue weighted by atomic mass is 9.96. The normalized spacial score (nSPS) is 16.3. The van der Waals surface area contributed by atoms with Crippen molar-refractivity contribution in [3.63, 3.8) is 0 Å². The second kappa shape index (κ2) is 9.63. The molecule has 1 aromatic carbocycles. The van der Waals surface area contributed by atoms with Crippen LogP contribution in [0.15, 0.2) is 76.5 Å². The molecule has 0 spiro atoms. The summed E-state index contributed by atoms with van der Waals surface area (Å²) in [6.45, 7) is 1.05. The van der Waals surface area contributed by atoms with Crippen LogP contribution in [0, 0.1) is 5.92 Å². The quantitative estimate of drug-likeness (QED) is 0.595. The number of nitrogens with one attached hydrogen (secondary N) is 1. The van der Waals surface area contributed by atoms with E-state index in [1.807, 2.05) is 36.5 Å². The minimum atomic E-state index is -0.225. The van der Waals surface area contributed by atoms with Gasteiger partial charge in [-0.1, -0.05) is 6.07 Å². The van der Waals surface area contributed by atoms with Crippen molar-refractivity contribution in [1.29, 1.82) is 0 Å². The number of benzene rings is 1. The number of furan rings is 1. The number of amides is 2. The van der Waals surface area contributed by atoms with E-state index in [0.717, 1.165) is 29.2 Å². The summed E-state index contributed by atoms with van der Waals surface area (Å²) in [7, 11) is 0. The lowest BCUT2D eigenvalue weighted by Crippen LogP contribution is -2.43. The predicted octanol–water partition coefficient (Wildman–Crippen LogP) is 4.46. The summed E-state index contributed by atoms with van der Waals surface area (Å²) < 4.78 is 5.20. The van der Waals surface area contributed by atoms with Gasteiger partial charge in [0.05, 0.1) is 12.2 Å². The number of likely N-dealkylation sites (tertiary alicyclic amines) is 1. The summed E-state index contributed by atoms with van der Waals surface area (Å²) in [6.07, 6.45) is 6.69. The first-order valence-corrected chi connectivity index (χ1v) is 10.9. The Labute approximate surface area is 179 Å². The molecule has 2 aromatic heterocycles. The van der Waals surface area contributed by atoms with Gasteiger partial charge in [0, 0.05) is 41.8 Å². The van der Waals surface area contributed by atoms with Crippen LogP contribution in [0.2, 0.25) is 0 Å². The molecular weight excluding hydrogens is 398 g/mol. The van der Waals surface area contributed by atoms with Crippen LogP contribution in [0.25, 0.3) is 0 Å². The Morgan fingerprint density at radius 1 is 1.17 bits per heavy atom. The van der Waals surface area contributed by atoms with Gasteiger partial charge in [-0.25, -0.2) is 0 Å². The Balaban J connectivity index is 1.30. The average molecular weight is 422 g/mol. The summed E-state index contributed by atoms with van der Waals surface area (Å²) >= 11 is 1.73. The molecule has 1 unspecified atom stereocenters. The monoisotopic (exact) mass is 421 g/mol. The van der Waals surface area contributed by atoms with Crippen LogP contribution in [0.5, 0.6) is 0 Å². The largest absolute Gasteiger partial charge is 0.459 e. The van der Waals surface area contributed by atoms with Gasteiger partial charge in [0.15, 0.2) is 5.76 Å². The molecule has 0 bridgehead atoms. The van der Waals surface area contributed by atoms with Crippen LogP contribution >= 0.6 is 11.8 Å². The van der Waals surface area contributed by atoms with Gasteiger partial charge in [-0.05, 0) is 60.9 Å². The highest BCUT2D eigenvalue weighted by molar-refractivity contribution is 7.98. The first-order chi connectivity index (χ1) is 14.7. The Kier molecular flexibility index (Phi) is 6.49. The van der Waals surface area contributed by atoms with Gasteiger partial charge in [-0.3, -0.25) is 14.6 Å². The number of anilines is 1. The van der Waals surface area contributed by atoms with Crippen molar-refractivity contribution in [2.45, 2.75) is 23.5 Å². The molecule has 1 N–H and O–H groups in total. The molecule has 3 heterocycles. The molecule has 0 saturated carbocycles. The summed E-state index contributed by atoms with van der Waals surface area (Å²) in [5.41, 5.74) is 1.94. The van der Waals surface area contributed by atoms with Crippen LogP contribution in [0.3, 0.4) is 0 Å². The zero-order chi connectivity index (χ0) is 20.8. The molecule has 154 valence electrons. The van der Waals surface area contributed by atoms with E-state index < -0.39 is 0 Å². The van der Waals surface area contributed by atoms with Crippen molar-refractivity contribution in [3.05, 3.63) is 78.5 Å². The van der Waals surface area contributed by atoms with E-state index in [2.05, 4.69) is 16.4 Å². The van der Waals surface area contributed by atoms with Crippen molar-refractivity contribution < 1.29 is 14.0 Å². The first kappa shape index (κ1) is 20.2. The fraction of sp³-hybridized carbons (Fsp3) is 0.261. The molecule has 4 rings (SSSR count). The molecule has 0 aliphatic carbocycles. The molecule has 1 saturated heterocycles. The molecule has 1 aliphatic heterocycles. The van der Waals surface area contributed by atoms with Gasteiger partial charge in [0.25, 0.3) is 5.91 Å². The van der Waals surface area contributed by atoms with Crippen LogP contribution in [-0.4, -0.2) is 34.8 Å². The maximum absolute atomic E-state index is 12.7. The van der Waals surface area contributed by atoms with E-state index in [1.54, 1.807) is 35.0 Å². The third-order valence-corrected chi connectivity index (χ3v) is 6.14. The Bertz CT molecular complexity index is 975. The van der Waals surface area contributed by atoms with Gasteiger partial charge >= 0.3 is 0 Å². The number of carbonyl (C=O) groups is 2. The van der Waals surface area contributed by atoms with Gasteiger partial charge in [0.1, 0.15) is 0 Å². The van der Waals surface area contributed by atoms with E-state index in [9.17, 15) is 9.59 Å². The molecule has 2 amide bonds. The fourth-order valence-electron chi connectivity index (χ4n) is 3.46. The first-order valence-electron chi connectivity index (χ1n) is 9.94. The lowest BCUT2D eigenvalue weighted by molar-refractivity contribution is -0.121. The molecular formula is C23H23N3O3S. The third-order valence-electron chi connectivity index (χ3n) is 5.06.